The van der Waals surface area contributed by atoms with E-state index in [1.807, 2.05) is 30.3 Å². The molecule has 0 unspecified atom stereocenters. The summed E-state index contributed by atoms with van der Waals surface area (Å²) in [4.78, 5) is 14.9. The van der Waals surface area contributed by atoms with E-state index in [9.17, 15) is 4.79 Å². The summed E-state index contributed by atoms with van der Waals surface area (Å²) in [5.41, 5.74) is 4.17. The first-order valence-corrected chi connectivity index (χ1v) is 8.91. The van der Waals surface area contributed by atoms with E-state index in [1.54, 1.807) is 7.11 Å². The number of carbonyl (C=O) groups is 1. The van der Waals surface area contributed by atoms with Gasteiger partial charge in [0.2, 0.25) is 0 Å². The van der Waals surface area contributed by atoms with E-state index >= 15 is 0 Å². The molecule has 1 fully saturated rings. The molecule has 1 N–H and O–H groups in total. The van der Waals surface area contributed by atoms with E-state index in [1.165, 1.54) is 37.1 Å². The second kappa shape index (κ2) is 8.79. The van der Waals surface area contributed by atoms with Gasteiger partial charge < -0.3 is 10.1 Å². The number of benzene rings is 2. The predicted octanol–water partition coefficient (Wildman–Crippen LogP) is 3.36. The second-order valence-electron chi connectivity index (χ2n) is 6.57. The van der Waals surface area contributed by atoms with Crippen molar-refractivity contribution >= 4 is 5.91 Å². The lowest BCUT2D eigenvalue weighted by Crippen LogP contribution is -2.25. The third-order valence-corrected chi connectivity index (χ3v) is 4.65. The molecule has 1 saturated heterocycles. The fourth-order valence-corrected chi connectivity index (χ4v) is 3.31. The van der Waals surface area contributed by atoms with E-state index in [0.717, 1.165) is 12.1 Å². The minimum atomic E-state index is -0.0473. The van der Waals surface area contributed by atoms with Gasteiger partial charge in [-0.2, -0.15) is 0 Å². The molecule has 0 aliphatic carbocycles. The maximum atomic E-state index is 12.5. The molecule has 3 rings (SSSR count). The lowest BCUT2D eigenvalue weighted by atomic mass is 10.1. The molecule has 132 valence electrons. The van der Waals surface area contributed by atoms with Crippen molar-refractivity contribution in [3.63, 3.8) is 0 Å². The molecule has 1 aliphatic heterocycles. The van der Waals surface area contributed by atoms with E-state index in [0.29, 0.717) is 18.7 Å². The molecule has 0 saturated carbocycles. The van der Waals surface area contributed by atoms with Gasteiger partial charge in [0.15, 0.2) is 0 Å². The Kier molecular flexibility index (Phi) is 6.20. The monoisotopic (exact) mass is 338 g/mol. The molecular weight excluding hydrogens is 312 g/mol. The topological polar surface area (TPSA) is 41.6 Å². The lowest BCUT2D eigenvalue weighted by molar-refractivity contribution is 0.0950. The van der Waals surface area contributed by atoms with E-state index < -0.39 is 0 Å². The van der Waals surface area contributed by atoms with Crippen LogP contribution in [-0.2, 0) is 24.4 Å². The van der Waals surface area contributed by atoms with Crippen LogP contribution in [0.1, 0.15) is 39.9 Å². The van der Waals surface area contributed by atoms with Crippen molar-refractivity contribution in [2.75, 3.05) is 20.2 Å². The van der Waals surface area contributed by atoms with Crippen LogP contribution in [0, 0.1) is 0 Å². The average molecular weight is 338 g/mol. The third-order valence-electron chi connectivity index (χ3n) is 4.65. The average Bonchev–Trinajstić information content (AvgIpc) is 3.14. The van der Waals surface area contributed by atoms with Crippen LogP contribution in [0.2, 0.25) is 0 Å². The molecule has 1 aliphatic rings. The third kappa shape index (κ3) is 4.91. The van der Waals surface area contributed by atoms with E-state index in [-0.39, 0.29) is 5.91 Å². The molecule has 0 atom stereocenters. The molecule has 0 aromatic heterocycles. The maximum Gasteiger partial charge on any atom is 0.251 e. The first-order valence-electron chi connectivity index (χ1n) is 8.91. The van der Waals surface area contributed by atoms with Crippen molar-refractivity contribution in [3.05, 3.63) is 70.8 Å². The summed E-state index contributed by atoms with van der Waals surface area (Å²) in [5, 5.41) is 3.05. The number of nitrogens with one attached hydrogen (secondary N) is 1. The number of amides is 1. The van der Waals surface area contributed by atoms with Crippen LogP contribution in [0.25, 0.3) is 0 Å². The van der Waals surface area contributed by atoms with Gasteiger partial charge in [0.05, 0.1) is 6.61 Å². The SMILES string of the molecule is COCc1cccc(C(=O)NCc2ccccc2CN2CCCC2)c1. The second-order valence-corrected chi connectivity index (χ2v) is 6.57. The molecule has 1 amide bonds. The highest BCUT2D eigenvalue weighted by molar-refractivity contribution is 5.94. The highest BCUT2D eigenvalue weighted by Crippen LogP contribution is 2.16. The molecule has 4 nitrogen and oxygen atoms in total. The zero-order chi connectivity index (χ0) is 17.5. The fraction of sp³-hybridized carbons (Fsp3) is 0.381. The smallest absolute Gasteiger partial charge is 0.251 e. The Morgan fingerprint density at radius 2 is 1.84 bits per heavy atom. The molecule has 4 heteroatoms. The van der Waals surface area contributed by atoms with Crippen LogP contribution < -0.4 is 5.32 Å². The van der Waals surface area contributed by atoms with Gasteiger partial charge in [-0.05, 0) is 54.8 Å². The Morgan fingerprint density at radius 3 is 2.60 bits per heavy atom. The van der Waals surface area contributed by atoms with Gasteiger partial charge in [-0.15, -0.1) is 0 Å². The highest BCUT2D eigenvalue weighted by Gasteiger charge is 2.14. The molecule has 1 heterocycles. The zero-order valence-corrected chi connectivity index (χ0v) is 14.8. The van der Waals surface area contributed by atoms with Gasteiger partial charge in [0.25, 0.3) is 5.91 Å². The largest absolute Gasteiger partial charge is 0.380 e. The van der Waals surface area contributed by atoms with Crippen LogP contribution in [0.15, 0.2) is 48.5 Å². The number of hydrogen-bond donors (Lipinski definition) is 1. The van der Waals surface area contributed by atoms with Crippen molar-refractivity contribution < 1.29 is 9.53 Å². The first-order chi connectivity index (χ1) is 12.3. The van der Waals surface area contributed by atoms with Gasteiger partial charge in [-0.3, -0.25) is 9.69 Å². The first kappa shape index (κ1) is 17.6. The number of methoxy groups -OCH3 is 1. The Hall–Kier alpha value is -2.17. The van der Waals surface area contributed by atoms with Gasteiger partial charge in [-0.1, -0.05) is 36.4 Å². The quantitative estimate of drug-likeness (QED) is 0.842. The van der Waals surface area contributed by atoms with Crippen LogP contribution >= 0.6 is 0 Å². The van der Waals surface area contributed by atoms with Crippen molar-refractivity contribution in [3.8, 4) is 0 Å². The predicted molar refractivity (Wildman–Crippen MR) is 99.3 cm³/mol. The molecular formula is C21H26N2O2. The highest BCUT2D eigenvalue weighted by atomic mass is 16.5. The van der Waals surface area contributed by atoms with E-state index in [2.05, 4.69) is 28.4 Å². The van der Waals surface area contributed by atoms with Gasteiger partial charge >= 0.3 is 0 Å². The summed E-state index contributed by atoms with van der Waals surface area (Å²) >= 11 is 0. The summed E-state index contributed by atoms with van der Waals surface area (Å²) in [6.45, 7) is 4.38. The van der Waals surface area contributed by atoms with Crippen molar-refractivity contribution in [1.29, 1.82) is 0 Å². The number of likely N-dealkylation sites (tertiary alicyclic amines) is 1. The number of nitrogens with zero attached hydrogens (tertiary/aromatic N) is 1. The minimum absolute atomic E-state index is 0.0473. The van der Waals surface area contributed by atoms with Gasteiger partial charge in [-0.25, -0.2) is 0 Å². The van der Waals surface area contributed by atoms with Crippen molar-refractivity contribution in [2.45, 2.75) is 32.5 Å². The van der Waals surface area contributed by atoms with Gasteiger partial charge in [0.1, 0.15) is 0 Å². The Balaban J connectivity index is 1.63. The molecule has 0 spiro atoms. The summed E-state index contributed by atoms with van der Waals surface area (Å²) in [7, 11) is 1.66. The number of hydrogen-bond acceptors (Lipinski definition) is 3. The summed E-state index contributed by atoms with van der Waals surface area (Å²) in [6.07, 6.45) is 2.58. The Morgan fingerprint density at radius 1 is 1.08 bits per heavy atom. The molecule has 0 radical (unpaired) electrons. The number of ether oxygens (including phenoxy) is 1. The van der Waals surface area contributed by atoms with E-state index in [4.69, 9.17) is 4.74 Å². The normalized spacial score (nSPS) is 14.6. The zero-order valence-electron chi connectivity index (χ0n) is 14.8. The van der Waals surface area contributed by atoms with Crippen molar-refractivity contribution in [2.24, 2.45) is 0 Å². The standard InChI is InChI=1S/C21H26N2O2/c1-25-16-17-7-6-10-18(13-17)21(24)22-14-19-8-2-3-9-20(19)15-23-11-4-5-12-23/h2-3,6-10,13H,4-5,11-12,14-16H2,1H3,(H,22,24). The summed E-state index contributed by atoms with van der Waals surface area (Å²) in [6, 6.07) is 16.0. The maximum absolute atomic E-state index is 12.5. The van der Waals surface area contributed by atoms with Crippen molar-refractivity contribution in [1.82, 2.24) is 10.2 Å². The summed E-state index contributed by atoms with van der Waals surface area (Å²) < 4.78 is 5.13. The number of rotatable bonds is 7. The molecule has 2 aromatic carbocycles. The van der Waals surface area contributed by atoms with Crippen LogP contribution in [0.5, 0.6) is 0 Å². The van der Waals surface area contributed by atoms with Crippen LogP contribution in [-0.4, -0.2) is 31.0 Å². The number of carbonyl (C=O) groups excluding carboxylic acids is 1. The Bertz CT molecular complexity index is 709. The minimum Gasteiger partial charge on any atom is -0.380 e. The lowest BCUT2D eigenvalue weighted by Gasteiger charge is -2.17. The van der Waals surface area contributed by atoms with Crippen LogP contribution in [0.4, 0.5) is 0 Å². The molecule has 0 bridgehead atoms. The van der Waals surface area contributed by atoms with Crippen LogP contribution in [0.3, 0.4) is 0 Å². The van der Waals surface area contributed by atoms with Gasteiger partial charge in [0, 0.05) is 25.8 Å². The summed E-state index contributed by atoms with van der Waals surface area (Å²) in [5.74, 6) is -0.0473. The molecule has 25 heavy (non-hydrogen) atoms. The Labute approximate surface area is 149 Å². The fourth-order valence-electron chi connectivity index (χ4n) is 3.31. The molecule has 2 aromatic rings.